The lowest BCUT2D eigenvalue weighted by molar-refractivity contribution is -0.123. The van der Waals surface area contributed by atoms with Gasteiger partial charge in [0.2, 0.25) is 5.91 Å². The van der Waals surface area contributed by atoms with Gasteiger partial charge in [0, 0.05) is 44.4 Å². The first-order valence-electron chi connectivity index (χ1n) is 9.04. The fraction of sp³-hybridized carbons (Fsp3) is 0.611. The maximum atomic E-state index is 12.2. The molecule has 26 heavy (non-hydrogen) atoms. The third kappa shape index (κ3) is 4.50. The molecule has 1 aliphatic heterocycles. The summed E-state index contributed by atoms with van der Waals surface area (Å²) < 4.78 is 6.96. The number of carbonyl (C=O) groups excluding carboxylic acids is 1. The highest BCUT2D eigenvalue weighted by Gasteiger charge is 2.29. The number of hydrogen-bond acceptors (Lipinski definition) is 6. The number of amides is 1. The van der Waals surface area contributed by atoms with Gasteiger partial charge in [-0.2, -0.15) is 5.10 Å². The van der Waals surface area contributed by atoms with Crippen molar-refractivity contribution >= 4 is 5.91 Å². The second-order valence-corrected chi connectivity index (χ2v) is 7.04. The number of piperidine rings is 1. The van der Waals surface area contributed by atoms with E-state index in [0.29, 0.717) is 26.1 Å². The number of aromatic nitrogens is 3. The number of aliphatic hydroxyl groups excluding tert-OH is 1. The number of nitrogens with one attached hydrogen (secondary N) is 1. The molecule has 1 amide bonds. The molecule has 2 aromatic heterocycles. The molecule has 2 aromatic rings. The van der Waals surface area contributed by atoms with Crippen molar-refractivity contribution in [3.63, 3.8) is 0 Å². The smallest absolute Gasteiger partial charge is 0.222 e. The van der Waals surface area contributed by atoms with Crippen LogP contribution < -0.4 is 5.32 Å². The van der Waals surface area contributed by atoms with Crippen molar-refractivity contribution in [1.82, 2.24) is 25.2 Å². The Hall–Kier alpha value is -2.19. The lowest BCUT2D eigenvalue weighted by atomic mass is 10.0. The van der Waals surface area contributed by atoms with Crippen LogP contribution in [-0.2, 0) is 17.9 Å². The highest BCUT2D eigenvalue weighted by molar-refractivity contribution is 5.76. The molecule has 0 bridgehead atoms. The van der Waals surface area contributed by atoms with Gasteiger partial charge in [-0.05, 0) is 33.3 Å². The number of aryl methyl sites for hydroxylation is 4. The van der Waals surface area contributed by atoms with Gasteiger partial charge in [0.05, 0.1) is 23.5 Å². The van der Waals surface area contributed by atoms with E-state index < -0.39 is 6.10 Å². The van der Waals surface area contributed by atoms with Crippen molar-refractivity contribution in [2.24, 2.45) is 0 Å². The summed E-state index contributed by atoms with van der Waals surface area (Å²) >= 11 is 0. The van der Waals surface area contributed by atoms with Gasteiger partial charge in [0.15, 0.2) is 0 Å². The minimum Gasteiger partial charge on any atom is -0.390 e. The Labute approximate surface area is 153 Å². The van der Waals surface area contributed by atoms with E-state index in [4.69, 9.17) is 4.52 Å². The molecule has 8 nitrogen and oxygen atoms in total. The number of carbonyl (C=O) groups is 1. The first-order chi connectivity index (χ1) is 12.4. The van der Waals surface area contributed by atoms with E-state index in [1.54, 1.807) is 4.68 Å². The van der Waals surface area contributed by atoms with Gasteiger partial charge in [-0.25, -0.2) is 0 Å². The molecule has 0 aliphatic carbocycles. The zero-order chi connectivity index (χ0) is 18.7. The standard InChI is InChI=1S/C18H27N5O3/c1-12-4-8-23(20-12)9-6-18(25)19-16-5-7-22(11-17(16)24)10-15-13(2)21-26-14(15)3/h4,8,16-17,24H,5-7,9-11H2,1-3H3,(H,19,25)/t16-,17-/m1/s1. The lowest BCUT2D eigenvalue weighted by Gasteiger charge is -2.36. The van der Waals surface area contributed by atoms with Crippen LogP contribution in [0.15, 0.2) is 16.8 Å². The van der Waals surface area contributed by atoms with E-state index in [2.05, 4.69) is 20.5 Å². The number of nitrogens with zero attached hydrogens (tertiary/aromatic N) is 4. The van der Waals surface area contributed by atoms with Gasteiger partial charge >= 0.3 is 0 Å². The van der Waals surface area contributed by atoms with Crippen LogP contribution in [0.5, 0.6) is 0 Å². The molecular formula is C18H27N5O3. The van der Waals surface area contributed by atoms with Crippen molar-refractivity contribution in [2.75, 3.05) is 13.1 Å². The fourth-order valence-electron chi connectivity index (χ4n) is 3.34. The molecule has 8 heteroatoms. The normalized spacial score (nSPS) is 21.1. The molecule has 3 rings (SSSR count). The Bertz CT molecular complexity index is 734. The Kier molecular flexibility index (Phi) is 5.73. The summed E-state index contributed by atoms with van der Waals surface area (Å²) in [6, 6.07) is 1.71. The average molecular weight is 361 g/mol. The van der Waals surface area contributed by atoms with Gasteiger partial charge in [-0.1, -0.05) is 5.16 Å². The lowest BCUT2D eigenvalue weighted by Crippen LogP contribution is -2.53. The number of likely N-dealkylation sites (tertiary alicyclic amines) is 1. The highest BCUT2D eigenvalue weighted by Crippen LogP contribution is 2.19. The zero-order valence-electron chi connectivity index (χ0n) is 15.6. The molecule has 142 valence electrons. The van der Waals surface area contributed by atoms with Gasteiger partial charge in [0.1, 0.15) is 5.76 Å². The number of aliphatic hydroxyl groups is 1. The summed E-state index contributed by atoms with van der Waals surface area (Å²) in [5, 5.41) is 21.6. The predicted molar refractivity (Wildman–Crippen MR) is 95.4 cm³/mol. The summed E-state index contributed by atoms with van der Waals surface area (Å²) in [6.07, 6.45) is 2.36. The van der Waals surface area contributed by atoms with Crippen molar-refractivity contribution in [3.05, 3.63) is 35.0 Å². The third-order valence-corrected chi connectivity index (χ3v) is 4.92. The molecule has 0 saturated carbocycles. The van der Waals surface area contributed by atoms with Gasteiger partial charge in [0.25, 0.3) is 0 Å². The predicted octanol–water partition coefficient (Wildman–Crippen LogP) is 0.938. The minimum absolute atomic E-state index is 0.0543. The fourth-order valence-corrected chi connectivity index (χ4v) is 3.34. The van der Waals surface area contributed by atoms with Gasteiger partial charge in [-0.3, -0.25) is 14.4 Å². The van der Waals surface area contributed by atoms with E-state index in [1.165, 1.54) is 0 Å². The SMILES string of the molecule is Cc1ccn(CCC(=O)N[C@@H]2CCN(Cc3c(C)noc3C)C[C@H]2O)n1. The molecule has 2 N–H and O–H groups in total. The Balaban J connectivity index is 1.45. The molecule has 1 aliphatic rings. The topological polar surface area (TPSA) is 96.4 Å². The second-order valence-electron chi connectivity index (χ2n) is 7.04. The van der Waals surface area contributed by atoms with Crippen LogP contribution in [0.1, 0.15) is 35.6 Å². The van der Waals surface area contributed by atoms with Gasteiger partial charge < -0.3 is 14.9 Å². The Morgan fingerprint density at radius 1 is 1.42 bits per heavy atom. The van der Waals surface area contributed by atoms with Crippen LogP contribution in [0.2, 0.25) is 0 Å². The molecule has 0 unspecified atom stereocenters. The number of rotatable bonds is 6. The Morgan fingerprint density at radius 3 is 2.85 bits per heavy atom. The molecule has 3 heterocycles. The van der Waals surface area contributed by atoms with Gasteiger partial charge in [-0.15, -0.1) is 0 Å². The summed E-state index contributed by atoms with van der Waals surface area (Å²) in [4.78, 5) is 14.3. The van der Waals surface area contributed by atoms with E-state index in [-0.39, 0.29) is 11.9 Å². The third-order valence-electron chi connectivity index (χ3n) is 4.92. The molecule has 1 fully saturated rings. The maximum absolute atomic E-state index is 12.2. The molecule has 1 saturated heterocycles. The highest BCUT2D eigenvalue weighted by atomic mass is 16.5. The molecule has 0 aromatic carbocycles. The zero-order valence-corrected chi connectivity index (χ0v) is 15.6. The van der Waals surface area contributed by atoms with Crippen LogP contribution in [0, 0.1) is 20.8 Å². The summed E-state index contributed by atoms with van der Waals surface area (Å²) in [5.41, 5.74) is 2.90. The maximum Gasteiger partial charge on any atom is 0.222 e. The summed E-state index contributed by atoms with van der Waals surface area (Å²) in [6.45, 7) is 8.33. The molecule has 2 atom stereocenters. The second kappa shape index (κ2) is 8.01. The van der Waals surface area contributed by atoms with Crippen molar-refractivity contribution in [1.29, 1.82) is 0 Å². The first-order valence-corrected chi connectivity index (χ1v) is 9.04. The quantitative estimate of drug-likeness (QED) is 0.795. The monoisotopic (exact) mass is 361 g/mol. The molecule has 0 radical (unpaired) electrons. The van der Waals surface area contributed by atoms with E-state index >= 15 is 0 Å². The van der Waals surface area contributed by atoms with E-state index in [0.717, 1.165) is 35.7 Å². The largest absolute Gasteiger partial charge is 0.390 e. The minimum atomic E-state index is -0.583. The summed E-state index contributed by atoms with van der Waals surface area (Å²) in [5.74, 6) is 0.766. The number of β-amino-alcohol motifs (C(OH)–C–C–N with tert-alkyl or cyclic N) is 1. The van der Waals surface area contributed by atoms with Crippen LogP contribution in [-0.4, -0.2) is 56.1 Å². The van der Waals surface area contributed by atoms with Crippen molar-refractivity contribution in [2.45, 2.75) is 58.8 Å². The van der Waals surface area contributed by atoms with Crippen LogP contribution in [0.3, 0.4) is 0 Å². The van der Waals surface area contributed by atoms with Crippen molar-refractivity contribution in [3.8, 4) is 0 Å². The first kappa shape index (κ1) is 18.6. The average Bonchev–Trinajstić information content (AvgIpc) is 3.15. The van der Waals surface area contributed by atoms with Crippen LogP contribution >= 0.6 is 0 Å². The van der Waals surface area contributed by atoms with E-state index in [1.807, 2.05) is 33.0 Å². The Morgan fingerprint density at radius 2 is 2.23 bits per heavy atom. The van der Waals surface area contributed by atoms with Crippen molar-refractivity contribution < 1.29 is 14.4 Å². The molecular weight excluding hydrogens is 334 g/mol. The van der Waals surface area contributed by atoms with E-state index in [9.17, 15) is 9.90 Å². The van der Waals surface area contributed by atoms with Crippen LogP contribution in [0.4, 0.5) is 0 Å². The molecule has 0 spiro atoms. The summed E-state index contributed by atoms with van der Waals surface area (Å²) in [7, 11) is 0. The van der Waals surface area contributed by atoms with Crippen LogP contribution in [0.25, 0.3) is 0 Å². The number of hydrogen-bond donors (Lipinski definition) is 2.